The van der Waals surface area contributed by atoms with E-state index in [1.165, 1.54) is 12.8 Å². The molecule has 5 heterocycles. The van der Waals surface area contributed by atoms with Gasteiger partial charge in [0, 0.05) is 42.6 Å². The van der Waals surface area contributed by atoms with Crippen molar-refractivity contribution in [3.8, 4) is 22.6 Å². The van der Waals surface area contributed by atoms with Crippen molar-refractivity contribution in [3.63, 3.8) is 0 Å². The second kappa shape index (κ2) is 8.24. The predicted molar refractivity (Wildman–Crippen MR) is 134 cm³/mol. The van der Waals surface area contributed by atoms with Crippen LogP contribution in [0.4, 0.5) is 11.4 Å². The Labute approximate surface area is 204 Å². The van der Waals surface area contributed by atoms with Gasteiger partial charge in [0.2, 0.25) is 0 Å². The third-order valence-electron chi connectivity index (χ3n) is 7.94. The van der Waals surface area contributed by atoms with Crippen molar-refractivity contribution in [3.05, 3.63) is 78.6 Å². The molecule has 176 valence electrons. The highest BCUT2D eigenvalue weighted by molar-refractivity contribution is 5.91. The largest absolute Gasteiger partial charge is 0.458 e. The van der Waals surface area contributed by atoms with Gasteiger partial charge in [-0.15, -0.1) is 0 Å². The number of nitrogens with zero attached hydrogens (tertiary/aromatic N) is 3. The SMILES string of the molecule is O=C1OCC=C1CN1C2CCC1CC(N1c3ccccc3Oc3cc(-c4cccnc4)ccc31)C2. The van der Waals surface area contributed by atoms with Gasteiger partial charge in [-0.2, -0.15) is 0 Å². The Balaban J connectivity index is 1.22. The predicted octanol–water partition coefficient (Wildman–Crippen LogP) is 5.47. The van der Waals surface area contributed by atoms with Gasteiger partial charge in [0.15, 0.2) is 11.5 Å². The normalized spacial score (nSPS) is 24.9. The molecule has 7 rings (SSSR count). The fourth-order valence-corrected chi connectivity index (χ4v) is 6.33. The molecule has 2 fully saturated rings. The van der Waals surface area contributed by atoms with Crippen molar-refractivity contribution < 1.29 is 14.3 Å². The molecule has 0 spiro atoms. The van der Waals surface area contributed by atoms with Gasteiger partial charge in [-0.1, -0.05) is 24.3 Å². The van der Waals surface area contributed by atoms with E-state index in [4.69, 9.17) is 9.47 Å². The number of cyclic esters (lactones) is 1. The molecule has 3 aromatic rings. The first-order valence-corrected chi connectivity index (χ1v) is 12.5. The van der Waals surface area contributed by atoms with Crippen LogP contribution < -0.4 is 9.64 Å². The zero-order chi connectivity index (χ0) is 23.4. The topological polar surface area (TPSA) is 54.9 Å². The van der Waals surface area contributed by atoms with Crippen LogP contribution in [0.15, 0.2) is 78.6 Å². The number of fused-ring (bicyclic) bond motifs is 4. The summed E-state index contributed by atoms with van der Waals surface area (Å²) in [5, 5.41) is 0. The molecule has 2 aromatic carbocycles. The molecule has 0 amide bonds. The van der Waals surface area contributed by atoms with E-state index < -0.39 is 0 Å². The number of pyridine rings is 1. The monoisotopic (exact) mass is 465 g/mol. The van der Waals surface area contributed by atoms with E-state index in [1.54, 1.807) is 6.20 Å². The lowest BCUT2D eigenvalue weighted by atomic mass is 9.93. The van der Waals surface area contributed by atoms with Gasteiger partial charge in [0.25, 0.3) is 0 Å². The average Bonchev–Trinajstić information content (AvgIpc) is 3.40. The summed E-state index contributed by atoms with van der Waals surface area (Å²) in [7, 11) is 0. The molecule has 0 saturated carbocycles. The van der Waals surface area contributed by atoms with Crippen molar-refractivity contribution in [1.29, 1.82) is 0 Å². The van der Waals surface area contributed by atoms with Gasteiger partial charge in [-0.3, -0.25) is 9.88 Å². The van der Waals surface area contributed by atoms with Crippen molar-refractivity contribution in [2.75, 3.05) is 18.1 Å². The minimum atomic E-state index is -0.146. The highest BCUT2D eigenvalue weighted by Gasteiger charge is 2.45. The summed E-state index contributed by atoms with van der Waals surface area (Å²) in [5.41, 5.74) is 5.26. The number of carbonyl (C=O) groups is 1. The Hall–Kier alpha value is -3.64. The number of hydrogen-bond acceptors (Lipinski definition) is 6. The Morgan fingerprint density at radius 1 is 0.886 bits per heavy atom. The van der Waals surface area contributed by atoms with E-state index in [1.807, 2.05) is 24.4 Å². The van der Waals surface area contributed by atoms with E-state index in [-0.39, 0.29) is 5.97 Å². The number of piperidine rings is 1. The highest BCUT2D eigenvalue weighted by atomic mass is 16.5. The van der Waals surface area contributed by atoms with E-state index >= 15 is 0 Å². The summed E-state index contributed by atoms with van der Waals surface area (Å²) < 4.78 is 11.6. The molecular formula is C29H27N3O3. The molecule has 2 saturated heterocycles. The second-order valence-corrected chi connectivity index (χ2v) is 9.87. The second-order valence-electron chi connectivity index (χ2n) is 9.87. The first-order chi connectivity index (χ1) is 17.2. The lowest BCUT2D eigenvalue weighted by Gasteiger charge is -2.46. The minimum Gasteiger partial charge on any atom is -0.458 e. The van der Waals surface area contributed by atoms with Crippen LogP contribution in [0.5, 0.6) is 11.5 Å². The van der Waals surface area contributed by atoms with Crippen molar-refractivity contribution in [1.82, 2.24) is 9.88 Å². The van der Waals surface area contributed by atoms with Gasteiger partial charge in [0.1, 0.15) is 6.61 Å². The van der Waals surface area contributed by atoms with Crippen LogP contribution in [-0.4, -0.2) is 47.1 Å². The lowest BCUT2D eigenvalue weighted by Crippen LogP contribution is -2.50. The fraction of sp³-hybridized carbons (Fsp3) is 0.310. The molecular weight excluding hydrogens is 438 g/mol. The van der Waals surface area contributed by atoms with E-state index in [9.17, 15) is 4.79 Å². The number of carbonyl (C=O) groups excluding carboxylic acids is 1. The quantitative estimate of drug-likeness (QED) is 0.476. The van der Waals surface area contributed by atoms with Crippen LogP contribution in [0.3, 0.4) is 0 Å². The maximum atomic E-state index is 12.1. The van der Waals surface area contributed by atoms with Crippen LogP contribution in [0.2, 0.25) is 0 Å². The van der Waals surface area contributed by atoms with Crippen molar-refractivity contribution in [2.24, 2.45) is 0 Å². The van der Waals surface area contributed by atoms with Gasteiger partial charge >= 0.3 is 5.97 Å². The number of para-hydroxylation sites is 2. The summed E-state index contributed by atoms with van der Waals surface area (Å²) >= 11 is 0. The van der Waals surface area contributed by atoms with Crippen LogP contribution in [0.25, 0.3) is 11.1 Å². The minimum absolute atomic E-state index is 0.146. The number of esters is 1. The smallest absolute Gasteiger partial charge is 0.335 e. The maximum absolute atomic E-state index is 12.1. The Bertz CT molecular complexity index is 1310. The molecule has 2 unspecified atom stereocenters. The van der Waals surface area contributed by atoms with E-state index in [0.717, 1.165) is 52.4 Å². The van der Waals surface area contributed by atoms with Crippen molar-refractivity contribution in [2.45, 2.75) is 43.8 Å². The van der Waals surface area contributed by atoms with Gasteiger partial charge in [-0.05, 0) is 67.7 Å². The number of rotatable bonds is 4. The molecule has 4 aliphatic heterocycles. The lowest BCUT2D eigenvalue weighted by molar-refractivity contribution is -0.136. The molecule has 4 aliphatic rings. The molecule has 35 heavy (non-hydrogen) atoms. The van der Waals surface area contributed by atoms with Gasteiger partial charge in [0.05, 0.1) is 16.9 Å². The zero-order valence-electron chi connectivity index (χ0n) is 19.5. The standard InChI is InChI=1S/C29H27N3O3/c33-29-21(11-13-34-29)18-31-22-8-9-23(31)16-24(15-22)32-25-5-1-2-6-27(25)35-28-14-19(7-10-26(28)32)20-4-3-12-30-17-20/h1-7,10-12,14,17,22-24H,8-9,13,15-16,18H2. The van der Waals surface area contributed by atoms with Crippen LogP contribution in [0.1, 0.15) is 25.7 Å². The Morgan fingerprint density at radius 3 is 2.49 bits per heavy atom. The molecule has 0 N–H and O–H groups in total. The summed E-state index contributed by atoms with van der Waals surface area (Å²) in [5.74, 6) is 1.64. The van der Waals surface area contributed by atoms with Crippen LogP contribution in [-0.2, 0) is 9.53 Å². The number of anilines is 2. The van der Waals surface area contributed by atoms with E-state index in [0.29, 0.717) is 31.3 Å². The molecule has 6 heteroatoms. The third-order valence-corrected chi connectivity index (χ3v) is 7.94. The number of benzene rings is 2. The summed E-state index contributed by atoms with van der Waals surface area (Å²) in [6.07, 6.45) is 10.1. The molecule has 2 atom stereocenters. The molecule has 0 aliphatic carbocycles. The zero-order valence-corrected chi connectivity index (χ0v) is 19.5. The summed E-state index contributed by atoms with van der Waals surface area (Å²) in [6.45, 7) is 1.13. The van der Waals surface area contributed by atoms with Crippen LogP contribution in [0, 0.1) is 0 Å². The number of hydrogen-bond donors (Lipinski definition) is 0. The molecule has 1 aromatic heterocycles. The fourth-order valence-electron chi connectivity index (χ4n) is 6.33. The van der Waals surface area contributed by atoms with Gasteiger partial charge in [-0.25, -0.2) is 4.79 Å². The number of aromatic nitrogens is 1. The average molecular weight is 466 g/mol. The first kappa shape index (κ1) is 20.7. The van der Waals surface area contributed by atoms with Crippen LogP contribution >= 0.6 is 0 Å². The summed E-state index contributed by atoms with van der Waals surface area (Å²) in [6, 6.07) is 20.2. The molecule has 6 nitrogen and oxygen atoms in total. The maximum Gasteiger partial charge on any atom is 0.335 e. The van der Waals surface area contributed by atoms with E-state index in [2.05, 4.69) is 57.2 Å². The van der Waals surface area contributed by atoms with Crippen molar-refractivity contribution >= 4 is 17.3 Å². The molecule has 2 bridgehead atoms. The highest BCUT2D eigenvalue weighted by Crippen LogP contribution is 2.51. The first-order valence-electron chi connectivity index (χ1n) is 12.5. The van der Waals surface area contributed by atoms with Gasteiger partial charge < -0.3 is 14.4 Å². The summed E-state index contributed by atoms with van der Waals surface area (Å²) in [4.78, 5) is 21.4. The third kappa shape index (κ3) is 3.51. The Morgan fingerprint density at radius 2 is 1.71 bits per heavy atom. The molecule has 0 radical (unpaired) electrons. The Kier molecular flexibility index (Phi) is 4.87. The number of ether oxygens (including phenoxy) is 2.